The van der Waals surface area contributed by atoms with Crippen molar-refractivity contribution in [3.8, 4) is 5.75 Å². The van der Waals surface area contributed by atoms with Crippen LogP contribution in [-0.2, 0) is 12.7 Å². The molecular weight excluding hydrogens is 610 g/mol. The van der Waals surface area contributed by atoms with Gasteiger partial charge in [-0.1, -0.05) is 61.5 Å². The van der Waals surface area contributed by atoms with Gasteiger partial charge >= 0.3 is 6.18 Å². The number of hydrogen-bond donors (Lipinski definition) is 2. The standard InChI is InChI=1S/C31H38F3N3O2.3ClH/c1-24(21-35-22-30(38)27-8-5-9-28(20-27)31(32,33)34)26-10-12-29(13-11-26)39-19-18-36-14-16-37(17-15-36)23-25-6-3-2-4-7-25;;;/h2-13,20,24,30,35,38H,14-19,21-23H2,1H3;3*1H. The Kier molecular flexibility index (Phi) is 16.8. The van der Waals surface area contributed by atoms with Crippen molar-refractivity contribution in [3.05, 3.63) is 101 Å². The van der Waals surface area contributed by atoms with Gasteiger partial charge in [0.2, 0.25) is 0 Å². The van der Waals surface area contributed by atoms with Crippen molar-refractivity contribution in [3.63, 3.8) is 0 Å². The number of halogens is 6. The minimum Gasteiger partial charge on any atom is -0.492 e. The van der Waals surface area contributed by atoms with Gasteiger partial charge < -0.3 is 15.2 Å². The summed E-state index contributed by atoms with van der Waals surface area (Å²) in [5.74, 6) is 1.00. The Balaban J connectivity index is 0.00000294. The number of aliphatic hydroxyl groups is 1. The zero-order valence-electron chi connectivity index (χ0n) is 23.6. The van der Waals surface area contributed by atoms with Crippen LogP contribution in [0.1, 0.15) is 41.2 Å². The molecule has 5 nitrogen and oxygen atoms in total. The maximum absolute atomic E-state index is 12.9. The molecule has 2 N–H and O–H groups in total. The number of nitrogens with zero attached hydrogens (tertiary/aromatic N) is 2. The molecule has 4 rings (SSSR count). The average molecular weight is 651 g/mol. The molecule has 0 radical (unpaired) electrons. The molecule has 234 valence electrons. The number of nitrogens with one attached hydrogen (secondary N) is 1. The molecule has 3 aromatic rings. The summed E-state index contributed by atoms with van der Waals surface area (Å²) in [4.78, 5) is 4.94. The van der Waals surface area contributed by atoms with Crippen molar-refractivity contribution in [2.45, 2.75) is 31.7 Å². The van der Waals surface area contributed by atoms with Gasteiger partial charge in [-0.3, -0.25) is 9.80 Å². The van der Waals surface area contributed by atoms with Crippen LogP contribution < -0.4 is 10.1 Å². The van der Waals surface area contributed by atoms with Crippen molar-refractivity contribution >= 4 is 37.2 Å². The monoisotopic (exact) mass is 649 g/mol. The Labute approximate surface area is 265 Å². The fourth-order valence-electron chi connectivity index (χ4n) is 4.79. The van der Waals surface area contributed by atoms with E-state index in [-0.39, 0.29) is 55.2 Å². The molecule has 1 aliphatic heterocycles. The number of piperazine rings is 1. The molecule has 0 saturated carbocycles. The molecule has 11 heteroatoms. The highest BCUT2D eigenvalue weighted by molar-refractivity contribution is 5.86. The third-order valence-electron chi connectivity index (χ3n) is 7.23. The number of aliphatic hydroxyl groups excluding tert-OH is 1. The third kappa shape index (κ3) is 11.9. The van der Waals surface area contributed by atoms with Gasteiger partial charge in [0.15, 0.2) is 0 Å². The predicted octanol–water partition coefficient (Wildman–Crippen LogP) is 6.59. The number of hydrogen-bond acceptors (Lipinski definition) is 5. The van der Waals surface area contributed by atoms with E-state index < -0.39 is 17.8 Å². The maximum Gasteiger partial charge on any atom is 0.416 e. The Morgan fingerprint density at radius 1 is 0.810 bits per heavy atom. The number of benzene rings is 3. The molecule has 42 heavy (non-hydrogen) atoms. The SMILES string of the molecule is CC(CNCC(O)c1cccc(C(F)(F)F)c1)c1ccc(OCCN2CCN(Cc3ccccc3)CC2)cc1.Cl.Cl.Cl. The molecule has 0 spiro atoms. The van der Waals surface area contributed by atoms with Gasteiger partial charge in [0, 0.05) is 52.4 Å². The van der Waals surface area contributed by atoms with Crippen LogP contribution in [0.2, 0.25) is 0 Å². The first-order chi connectivity index (χ1) is 18.8. The summed E-state index contributed by atoms with van der Waals surface area (Å²) >= 11 is 0. The Morgan fingerprint density at radius 3 is 2.10 bits per heavy atom. The number of alkyl halides is 3. The summed E-state index contributed by atoms with van der Waals surface area (Å²) in [5.41, 5.74) is 1.98. The van der Waals surface area contributed by atoms with E-state index in [9.17, 15) is 18.3 Å². The summed E-state index contributed by atoms with van der Waals surface area (Å²) in [6.45, 7) is 9.58. The van der Waals surface area contributed by atoms with E-state index in [1.54, 1.807) is 0 Å². The van der Waals surface area contributed by atoms with Crippen LogP contribution in [0.15, 0.2) is 78.9 Å². The van der Waals surface area contributed by atoms with Gasteiger partial charge in [0.05, 0.1) is 11.7 Å². The van der Waals surface area contributed by atoms with Crippen LogP contribution >= 0.6 is 37.2 Å². The van der Waals surface area contributed by atoms with Crippen LogP contribution in [0.4, 0.5) is 13.2 Å². The van der Waals surface area contributed by atoms with E-state index in [4.69, 9.17) is 4.74 Å². The lowest BCUT2D eigenvalue weighted by Crippen LogP contribution is -2.47. The Bertz CT molecular complexity index is 1150. The summed E-state index contributed by atoms with van der Waals surface area (Å²) in [6, 6.07) is 23.4. The first-order valence-corrected chi connectivity index (χ1v) is 13.6. The van der Waals surface area contributed by atoms with E-state index in [2.05, 4.69) is 52.4 Å². The summed E-state index contributed by atoms with van der Waals surface area (Å²) in [7, 11) is 0. The van der Waals surface area contributed by atoms with Gasteiger partial charge in [0.1, 0.15) is 12.4 Å². The normalized spacial score (nSPS) is 15.5. The molecule has 3 aromatic carbocycles. The fourth-order valence-corrected chi connectivity index (χ4v) is 4.79. The number of ether oxygens (including phenoxy) is 1. The highest BCUT2D eigenvalue weighted by Gasteiger charge is 2.30. The highest BCUT2D eigenvalue weighted by Crippen LogP contribution is 2.30. The fraction of sp³-hybridized carbons (Fsp3) is 0.419. The van der Waals surface area contributed by atoms with Crippen molar-refractivity contribution in [2.24, 2.45) is 0 Å². The van der Waals surface area contributed by atoms with Crippen molar-refractivity contribution < 1.29 is 23.0 Å². The third-order valence-corrected chi connectivity index (χ3v) is 7.23. The maximum atomic E-state index is 12.9. The summed E-state index contributed by atoms with van der Waals surface area (Å²) in [6.07, 6.45) is -5.44. The zero-order chi connectivity index (χ0) is 27.7. The van der Waals surface area contributed by atoms with Gasteiger partial charge in [-0.05, 0) is 46.9 Å². The molecule has 0 aliphatic carbocycles. The summed E-state index contributed by atoms with van der Waals surface area (Å²) < 4.78 is 44.7. The molecule has 1 heterocycles. The van der Waals surface area contributed by atoms with Gasteiger partial charge in [0.25, 0.3) is 0 Å². The van der Waals surface area contributed by atoms with E-state index in [0.29, 0.717) is 13.2 Å². The molecule has 1 aliphatic rings. The van der Waals surface area contributed by atoms with Crippen molar-refractivity contribution in [2.75, 3.05) is 52.4 Å². The molecule has 2 atom stereocenters. The smallest absolute Gasteiger partial charge is 0.416 e. The van der Waals surface area contributed by atoms with Crippen LogP contribution in [0.25, 0.3) is 0 Å². The molecule has 2 unspecified atom stereocenters. The average Bonchev–Trinajstić information content (AvgIpc) is 2.94. The first kappa shape index (κ1) is 38.0. The van der Waals surface area contributed by atoms with Crippen LogP contribution in [0.5, 0.6) is 5.75 Å². The molecule has 0 bridgehead atoms. The van der Waals surface area contributed by atoms with Crippen molar-refractivity contribution in [1.29, 1.82) is 0 Å². The minimum absolute atomic E-state index is 0. The summed E-state index contributed by atoms with van der Waals surface area (Å²) in [5, 5.41) is 13.5. The quantitative estimate of drug-likeness (QED) is 0.232. The van der Waals surface area contributed by atoms with Gasteiger partial charge in [-0.2, -0.15) is 13.2 Å². The predicted molar refractivity (Wildman–Crippen MR) is 170 cm³/mol. The largest absolute Gasteiger partial charge is 0.492 e. The topological polar surface area (TPSA) is 48.0 Å². The van der Waals surface area contributed by atoms with E-state index in [1.165, 1.54) is 17.7 Å². The molecule has 0 aromatic heterocycles. The van der Waals surface area contributed by atoms with E-state index >= 15 is 0 Å². The zero-order valence-corrected chi connectivity index (χ0v) is 26.1. The number of rotatable bonds is 12. The molecular formula is C31H41Cl3F3N3O2. The van der Waals surface area contributed by atoms with E-state index in [0.717, 1.165) is 62.7 Å². The van der Waals surface area contributed by atoms with Crippen LogP contribution in [-0.4, -0.2) is 67.3 Å². The first-order valence-electron chi connectivity index (χ1n) is 13.6. The lowest BCUT2D eigenvalue weighted by atomic mass is 10.0. The minimum atomic E-state index is -4.42. The second-order valence-corrected chi connectivity index (χ2v) is 10.2. The highest BCUT2D eigenvalue weighted by atomic mass is 35.5. The molecule has 1 saturated heterocycles. The Morgan fingerprint density at radius 2 is 1.45 bits per heavy atom. The van der Waals surface area contributed by atoms with Crippen LogP contribution in [0, 0.1) is 0 Å². The Hall–Kier alpha value is -2.04. The van der Waals surface area contributed by atoms with Crippen LogP contribution in [0.3, 0.4) is 0 Å². The second-order valence-electron chi connectivity index (χ2n) is 10.2. The molecule has 0 amide bonds. The lowest BCUT2D eigenvalue weighted by molar-refractivity contribution is -0.137. The molecule has 1 fully saturated rings. The van der Waals surface area contributed by atoms with Crippen molar-refractivity contribution in [1.82, 2.24) is 15.1 Å². The van der Waals surface area contributed by atoms with Gasteiger partial charge in [-0.15, -0.1) is 37.2 Å². The van der Waals surface area contributed by atoms with E-state index in [1.807, 2.05) is 24.3 Å². The second kappa shape index (κ2) is 18.6. The lowest BCUT2D eigenvalue weighted by Gasteiger charge is -2.34. The van der Waals surface area contributed by atoms with Gasteiger partial charge in [-0.25, -0.2) is 0 Å².